The zero-order chi connectivity index (χ0) is 17.0. The largest absolute Gasteiger partial charge is 0.482 e. The van der Waals surface area contributed by atoms with Crippen molar-refractivity contribution in [3.63, 3.8) is 0 Å². The second kappa shape index (κ2) is 7.16. The Kier molecular flexibility index (Phi) is 5.46. The molecule has 1 saturated heterocycles. The number of aliphatic hydroxyl groups is 1. The maximum Gasteiger partial charge on any atom is 0.422 e. The summed E-state index contributed by atoms with van der Waals surface area (Å²) in [5.74, 6) is -0.710. The average molecular weight is 332 g/mol. The lowest BCUT2D eigenvalue weighted by Crippen LogP contribution is -2.43. The van der Waals surface area contributed by atoms with Gasteiger partial charge in [-0.2, -0.15) is 13.2 Å². The second-order valence-electron chi connectivity index (χ2n) is 5.65. The van der Waals surface area contributed by atoms with E-state index in [-0.39, 0.29) is 17.4 Å². The van der Waals surface area contributed by atoms with Crippen LogP contribution in [0.2, 0.25) is 0 Å². The van der Waals surface area contributed by atoms with Gasteiger partial charge in [0, 0.05) is 25.2 Å². The van der Waals surface area contributed by atoms with Gasteiger partial charge >= 0.3 is 6.18 Å². The molecule has 2 heterocycles. The molecule has 2 atom stereocenters. The number of alkyl halides is 3. The molecule has 2 rings (SSSR count). The van der Waals surface area contributed by atoms with Crippen LogP contribution in [0.15, 0.2) is 18.3 Å². The third kappa shape index (κ3) is 4.82. The Bertz CT molecular complexity index is 549. The number of aromatic nitrogens is 1. The van der Waals surface area contributed by atoms with Gasteiger partial charge in [0.15, 0.2) is 18.1 Å². The first-order chi connectivity index (χ1) is 10.8. The molecule has 0 spiro atoms. The number of aliphatic hydroxyl groups excluding tert-OH is 1. The number of piperidine rings is 1. The minimum Gasteiger partial charge on any atom is -0.482 e. The van der Waals surface area contributed by atoms with Gasteiger partial charge < -0.3 is 14.7 Å². The highest BCUT2D eigenvalue weighted by atomic mass is 19.4. The van der Waals surface area contributed by atoms with Crippen molar-refractivity contribution in [1.29, 1.82) is 0 Å². The molecule has 0 radical (unpaired) electrons. The zero-order valence-corrected chi connectivity index (χ0v) is 12.7. The molecule has 1 amide bonds. The molecule has 1 N–H and O–H groups in total. The van der Waals surface area contributed by atoms with Gasteiger partial charge in [-0.1, -0.05) is 0 Å². The minimum absolute atomic E-state index is 0.0454. The quantitative estimate of drug-likeness (QED) is 0.919. The fourth-order valence-electron chi connectivity index (χ4n) is 2.57. The third-order valence-corrected chi connectivity index (χ3v) is 3.79. The van der Waals surface area contributed by atoms with Crippen LogP contribution in [0.1, 0.15) is 30.3 Å². The van der Waals surface area contributed by atoms with Crippen molar-refractivity contribution in [2.24, 2.45) is 5.92 Å². The van der Waals surface area contributed by atoms with Gasteiger partial charge in [-0.15, -0.1) is 0 Å². The average Bonchev–Trinajstić information content (AvgIpc) is 2.52. The van der Waals surface area contributed by atoms with Gasteiger partial charge in [-0.05, 0) is 31.9 Å². The highest BCUT2D eigenvalue weighted by Gasteiger charge is 2.31. The summed E-state index contributed by atoms with van der Waals surface area (Å²) in [4.78, 5) is 17.9. The van der Waals surface area contributed by atoms with E-state index in [1.807, 2.05) is 0 Å². The molecule has 0 bridgehead atoms. The van der Waals surface area contributed by atoms with E-state index in [4.69, 9.17) is 4.74 Å². The van der Waals surface area contributed by atoms with Gasteiger partial charge in [-0.3, -0.25) is 4.79 Å². The first kappa shape index (κ1) is 17.5. The molecule has 1 aliphatic heterocycles. The lowest BCUT2D eigenvalue weighted by molar-refractivity contribution is -0.153. The van der Waals surface area contributed by atoms with Gasteiger partial charge in [0.05, 0.1) is 6.10 Å². The summed E-state index contributed by atoms with van der Waals surface area (Å²) in [7, 11) is 0. The van der Waals surface area contributed by atoms with E-state index >= 15 is 0 Å². The summed E-state index contributed by atoms with van der Waals surface area (Å²) >= 11 is 0. The van der Waals surface area contributed by atoms with E-state index in [1.54, 1.807) is 6.92 Å². The topological polar surface area (TPSA) is 62.7 Å². The lowest BCUT2D eigenvalue weighted by atomic mass is 9.93. The minimum atomic E-state index is -4.49. The van der Waals surface area contributed by atoms with Crippen LogP contribution >= 0.6 is 0 Å². The Morgan fingerprint density at radius 3 is 2.96 bits per heavy atom. The van der Waals surface area contributed by atoms with Crippen LogP contribution in [0.25, 0.3) is 0 Å². The predicted molar refractivity (Wildman–Crippen MR) is 76.1 cm³/mol. The SMILES string of the molecule is CC(O)C1CCCN(C(=O)c2ncccc2OCC(F)(F)F)C1. The number of amides is 1. The Morgan fingerprint density at radius 2 is 2.30 bits per heavy atom. The molecule has 128 valence electrons. The molecular weight excluding hydrogens is 313 g/mol. The first-order valence-corrected chi connectivity index (χ1v) is 7.40. The second-order valence-corrected chi connectivity index (χ2v) is 5.65. The zero-order valence-electron chi connectivity index (χ0n) is 12.7. The number of halogens is 3. The summed E-state index contributed by atoms with van der Waals surface area (Å²) < 4.78 is 41.6. The van der Waals surface area contributed by atoms with Crippen molar-refractivity contribution < 1.29 is 27.8 Å². The van der Waals surface area contributed by atoms with Crippen LogP contribution in [-0.2, 0) is 0 Å². The number of hydrogen-bond donors (Lipinski definition) is 1. The number of rotatable bonds is 4. The number of pyridine rings is 1. The van der Waals surface area contributed by atoms with E-state index in [1.165, 1.54) is 23.2 Å². The number of likely N-dealkylation sites (tertiary alicyclic amines) is 1. The van der Waals surface area contributed by atoms with Gasteiger partial charge in [0.25, 0.3) is 5.91 Å². The van der Waals surface area contributed by atoms with Crippen molar-refractivity contribution in [3.8, 4) is 5.75 Å². The Hall–Kier alpha value is -1.83. The molecule has 23 heavy (non-hydrogen) atoms. The highest BCUT2D eigenvalue weighted by molar-refractivity contribution is 5.95. The van der Waals surface area contributed by atoms with Crippen LogP contribution in [-0.4, -0.2) is 52.9 Å². The fourth-order valence-corrected chi connectivity index (χ4v) is 2.57. The molecule has 1 aromatic rings. The van der Waals surface area contributed by atoms with Gasteiger partial charge in [-0.25, -0.2) is 4.98 Å². The highest BCUT2D eigenvalue weighted by Crippen LogP contribution is 2.25. The normalized spacial score (nSPS) is 20.2. The van der Waals surface area contributed by atoms with E-state index < -0.39 is 24.8 Å². The number of hydrogen-bond acceptors (Lipinski definition) is 4. The van der Waals surface area contributed by atoms with E-state index in [2.05, 4.69) is 4.98 Å². The lowest BCUT2D eigenvalue weighted by Gasteiger charge is -2.34. The number of carbonyl (C=O) groups excluding carboxylic acids is 1. The Labute approximate surface area is 132 Å². The van der Waals surface area contributed by atoms with Crippen molar-refractivity contribution in [1.82, 2.24) is 9.88 Å². The molecular formula is C15H19F3N2O3. The Morgan fingerprint density at radius 1 is 1.57 bits per heavy atom. The van der Waals surface area contributed by atoms with Gasteiger partial charge in [0.1, 0.15) is 0 Å². The number of carbonyl (C=O) groups is 1. The summed E-state index contributed by atoms with van der Waals surface area (Å²) in [6.07, 6.45) is -2.16. The fraction of sp³-hybridized carbons (Fsp3) is 0.600. The van der Waals surface area contributed by atoms with Crippen molar-refractivity contribution in [2.75, 3.05) is 19.7 Å². The van der Waals surface area contributed by atoms with Crippen LogP contribution in [0.3, 0.4) is 0 Å². The van der Waals surface area contributed by atoms with Crippen LogP contribution < -0.4 is 4.74 Å². The molecule has 2 unspecified atom stereocenters. The van der Waals surface area contributed by atoms with Crippen molar-refractivity contribution >= 4 is 5.91 Å². The number of nitrogens with zero attached hydrogens (tertiary/aromatic N) is 2. The molecule has 5 nitrogen and oxygen atoms in total. The molecule has 0 saturated carbocycles. The molecule has 1 aromatic heterocycles. The Balaban J connectivity index is 2.12. The summed E-state index contributed by atoms with van der Waals surface area (Å²) in [5, 5.41) is 9.67. The maximum atomic E-state index is 12.5. The first-order valence-electron chi connectivity index (χ1n) is 7.40. The smallest absolute Gasteiger partial charge is 0.422 e. The molecule has 0 aliphatic carbocycles. The molecule has 0 aromatic carbocycles. The van der Waals surface area contributed by atoms with E-state index in [0.29, 0.717) is 13.1 Å². The number of ether oxygens (including phenoxy) is 1. The van der Waals surface area contributed by atoms with E-state index in [9.17, 15) is 23.1 Å². The van der Waals surface area contributed by atoms with Crippen molar-refractivity contribution in [2.45, 2.75) is 32.0 Å². The predicted octanol–water partition coefficient (Wildman–Crippen LogP) is 2.26. The summed E-state index contributed by atoms with van der Waals surface area (Å²) in [6, 6.07) is 2.71. The molecule has 8 heteroatoms. The monoisotopic (exact) mass is 332 g/mol. The van der Waals surface area contributed by atoms with Crippen LogP contribution in [0, 0.1) is 5.92 Å². The summed E-state index contributed by atoms with van der Waals surface area (Å²) in [5.41, 5.74) is -0.136. The third-order valence-electron chi connectivity index (χ3n) is 3.79. The van der Waals surface area contributed by atoms with Crippen molar-refractivity contribution in [3.05, 3.63) is 24.0 Å². The van der Waals surface area contributed by atoms with E-state index in [0.717, 1.165) is 12.8 Å². The van der Waals surface area contributed by atoms with Crippen LogP contribution in [0.5, 0.6) is 5.75 Å². The standard InChI is InChI=1S/C15H19F3N2O3/c1-10(21)11-4-3-7-20(8-11)14(22)13-12(5-2-6-19-13)23-9-15(16,17)18/h2,5-6,10-11,21H,3-4,7-9H2,1H3. The van der Waals surface area contributed by atoms with Gasteiger partial charge in [0.2, 0.25) is 0 Å². The molecule has 1 fully saturated rings. The van der Waals surface area contributed by atoms with Crippen LogP contribution in [0.4, 0.5) is 13.2 Å². The molecule has 1 aliphatic rings. The maximum absolute atomic E-state index is 12.5. The summed E-state index contributed by atoms with van der Waals surface area (Å²) in [6.45, 7) is 1.02.